The molecule has 5 saturated carbocycles. The molecular formula is C39H63NO5. The lowest BCUT2D eigenvalue weighted by Crippen LogP contribution is -2.67. The van der Waals surface area contributed by atoms with Gasteiger partial charge in [-0.1, -0.05) is 59.6 Å². The smallest absolute Gasteiger partial charge is 0.303 e. The van der Waals surface area contributed by atoms with E-state index < -0.39 is 5.97 Å². The van der Waals surface area contributed by atoms with Gasteiger partial charge in [-0.2, -0.15) is 0 Å². The first kappa shape index (κ1) is 34.5. The topological polar surface area (TPSA) is 92.7 Å². The van der Waals surface area contributed by atoms with Crippen LogP contribution in [-0.4, -0.2) is 35.6 Å². The Morgan fingerprint density at radius 3 is 2.18 bits per heavy atom. The molecule has 10 atom stereocenters. The van der Waals surface area contributed by atoms with Crippen LogP contribution in [0.15, 0.2) is 12.2 Å². The van der Waals surface area contributed by atoms with Crippen molar-refractivity contribution in [2.45, 2.75) is 151 Å². The van der Waals surface area contributed by atoms with Crippen molar-refractivity contribution < 1.29 is 24.2 Å². The Morgan fingerprint density at radius 2 is 1.51 bits per heavy atom. The molecule has 0 bridgehead atoms. The van der Waals surface area contributed by atoms with Crippen LogP contribution in [0.25, 0.3) is 0 Å². The molecule has 0 radical (unpaired) electrons. The van der Waals surface area contributed by atoms with Gasteiger partial charge in [0.1, 0.15) is 6.10 Å². The van der Waals surface area contributed by atoms with E-state index in [-0.39, 0.29) is 51.5 Å². The summed E-state index contributed by atoms with van der Waals surface area (Å²) < 4.78 is 5.94. The van der Waals surface area contributed by atoms with Gasteiger partial charge in [-0.05, 0) is 130 Å². The molecule has 6 nitrogen and oxygen atoms in total. The molecule has 5 fully saturated rings. The van der Waals surface area contributed by atoms with E-state index in [9.17, 15) is 14.4 Å². The highest BCUT2D eigenvalue weighted by molar-refractivity contribution is 5.84. The number of aliphatic carboxylic acids is 1. The van der Waals surface area contributed by atoms with Crippen LogP contribution < -0.4 is 5.32 Å². The molecule has 5 rings (SSSR count). The number of allylic oxidation sites excluding steroid dienone is 1. The van der Waals surface area contributed by atoms with Crippen LogP contribution in [-0.2, 0) is 19.1 Å². The zero-order valence-corrected chi connectivity index (χ0v) is 29.6. The van der Waals surface area contributed by atoms with Gasteiger partial charge in [0, 0.05) is 25.3 Å². The van der Waals surface area contributed by atoms with Crippen LogP contribution in [0.4, 0.5) is 0 Å². The van der Waals surface area contributed by atoms with Crippen molar-refractivity contribution in [1.29, 1.82) is 0 Å². The fourth-order valence-corrected chi connectivity index (χ4v) is 13.1. The first-order chi connectivity index (χ1) is 21.0. The molecule has 1 amide bonds. The first-order valence-corrected chi connectivity index (χ1v) is 18.4. The Hall–Kier alpha value is -1.85. The van der Waals surface area contributed by atoms with E-state index in [1.165, 1.54) is 31.3 Å². The Morgan fingerprint density at radius 1 is 0.800 bits per heavy atom. The van der Waals surface area contributed by atoms with Gasteiger partial charge in [0.25, 0.3) is 0 Å². The number of amides is 1. The van der Waals surface area contributed by atoms with E-state index in [2.05, 4.69) is 53.4 Å². The first-order valence-electron chi connectivity index (χ1n) is 18.4. The van der Waals surface area contributed by atoms with E-state index in [1.54, 1.807) is 6.92 Å². The summed E-state index contributed by atoms with van der Waals surface area (Å²) in [5.74, 6) is 1.83. The number of hydrogen-bond acceptors (Lipinski definition) is 4. The fourth-order valence-electron chi connectivity index (χ4n) is 13.1. The Kier molecular flexibility index (Phi) is 9.43. The fraction of sp³-hybridized carbons (Fsp3) is 0.872. The van der Waals surface area contributed by atoms with Gasteiger partial charge in [-0.25, -0.2) is 0 Å². The molecule has 0 aromatic rings. The predicted molar refractivity (Wildman–Crippen MR) is 178 cm³/mol. The third kappa shape index (κ3) is 5.50. The lowest BCUT2D eigenvalue weighted by atomic mass is 9.32. The minimum atomic E-state index is -0.730. The summed E-state index contributed by atoms with van der Waals surface area (Å²) in [5, 5.41) is 12.3. The highest BCUT2D eigenvalue weighted by atomic mass is 16.5. The lowest BCUT2D eigenvalue weighted by molar-refractivity contribution is -0.248. The molecular weight excluding hydrogens is 562 g/mol. The van der Waals surface area contributed by atoms with Gasteiger partial charge in [0.2, 0.25) is 5.91 Å². The number of carbonyl (C=O) groups is 3. The van der Waals surface area contributed by atoms with Crippen molar-refractivity contribution in [3.05, 3.63) is 12.2 Å². The number of esters is 1. The number of carboxylic acid groups (broad SMARTS) is 1. The maximum atomic E-state index is 14.3. The minimum absolute atomic E-state index is 0.00211. The molecule has 0 saturated heterocycles. The molecule has 0 aromatic carbocycles. The Bertz CT molecular complexity index is 1180. The van der Waals surface area contributed by atoms with Gasteiger partial charge in [-0.15, -0.1) is 0 Å². The molecule has 5 aliphatic carbocycles. The standard InChI is InChI=1S/C39H63NO5/c1-25(2)27-16-21-39(34(44)40-24-12-10-9-11-13-32(42)43)23-22-37(7)28(33(27)39)14-15-30-36(6)19-18-31(45-26(3)41)35(4,5)29(36)17-20-38(30,37)8/h27-31,33H,1,9-24H2,2-8H3,(H,40,44)(H,42,43)/t27-,28+,29-,30?,31-,33+,36-,37+,38+,39-/m0/s1. The van der Waals surface area contributed by atoms with Crippen molar-refractivity contribution in [3.63, 3.8) is 0 Å². The second-order valence-corrected chi connectivity index (χ2v) is 17.6. The Balaban J connectivity index is 1.37. The summed E-state index contributed by atoms with van der Waals surface area (Å²) >= 11 is 0. The number of fused-ring (bicyclic) bond motifs is 7. The number of nitrogens with one attached hydrogen (secondary N) is 1. The van der Waals surface area contributed by atoms with Crippen LogP contribution in [0.2, 0.25) is 0 Å². The van der Waals surface area contributed by atoms with Crippen LogP contribution >= 0.6 is 0 Å². The van der Waals surface area contributed by atoms with Crippen LogP contribution in [0, 0.1) is 56.7 Å². The van der Waals surface area contributed by atoms with E-state index in [0.29, 0.717) is 42.6 Å². The summed E-state index contributed by atoms with van der Waals surface area (Å²) in [6.45, 7) is 21.5. The number of hydrogen-bond donors (Lipinski definition) is 2. The largest absolute Gasteiger partial charge is 0.481 e. The van der Waals surface area contributed by atoms with Gasteiger partial charge in [0.15, 0.2) is 0 Å². The van der Waals surface area contributed by atoms with Crippen LogP contribution in [0.1, 0.15) is 145 Å². The molecule has 0 aromatic heterocycles. The van der Waals surface area contributed by atoms with E-state index in [0.717, 1.165) is 57.8 Å². The summed E-state index contributed by atoms with van der Waals surface area (Å²) in [4.78, 5) is 37.1. The predicted octanol–water partition coefficient (Wildman–Crippen LogP) is 8.73. The zero-order chi connectivity index (χ0) is 33.0. The SMILES string of the molecule is C=C(C)[C@@H]1CC[C@]2(C(=O)NCCCCCCC(=O)O)CC[C@]3(C)[C@H](CCC4[C@@]5(C)CC[C@H](OC(C)=O)C(C)(C)[C@@H]5CC[C@]43C)[C@@H]12. The minimum Gasteiger partial charge on any atom is -0.481 e. The highest BCUT2D eigenvalue weighted by Gasteiger charge is 2.72. The molecule has 0 spiro atoms. The molecule has 0 heterocycles. The molecule has 1 unspecified atom stereocenters. The summed E-state index contributed by atoms with van der Waals surface area (Å²) in [5.41, 5.74) is 1.53. The molecule has 254 valence electrons. The van der Waals surface area contributed by atoms with E-state index >= 15 is 0 Å². The molecule has 2 N–H and O–H groups in total. The maximum Gasteiger partial charge on any atom is 0.303 e. The summed E-state index contributed by atoms with van der Waals surface area (Å²) in [6.07, 6.45) is 14.7. The average molecular weight is 626 g/mol. The van der Waals surface area contributed by atoms with Gasteiger partial charge in [-0.3, -0.25) is 14.4 Å². The second kappa shape index (κ2) is 12.3. The highest BCUT2D eigenvalue weighted by Crippen LogP contribution is 2.77. The van der Waals surface area contributed by atoms with Gasteiger partial charge >= 0.3 is 11.9 Å². The number of carbonyl (C=O) groups excluding carboxylic acids is 2. The lowest BCUT2D eigenvalue weighted by Gasteiger charge is -2.72. The van der Waals surface area contributed by atoms with Gasteiger partial charge < -0.3 is 15.2 Å². The van der Waals surface area contributed by atoms with Crippen molar-refractivity contribution >= 4 is 17.8 Å². The zero-order valence-electron chi connectivity index (χ0n) is 29.6. The summed E-state index contributed by atoms with van der Waals surface area (Å²) in [6, 6.07) is 0. The van der Waals surface area contributed by atoms with Crippen molar-refractivity contribution in [2.24, 2.45) is 56.7 Å². The summed E-state index contributed by atoms with van der Waals surface area (Å²) in [7, 11) is 0. The second-order valence-electron chi connectivity index (χ2n) is 17.6. The Labute approximate surface area is 273 Å². The van der Waals surface area contributed by atoms with Crippen molar-refractivity contribution in [1.82, 2.24) is 5.32 Å². The molecule has 5 aliphatic rings. The van der Waals surface area contributed by atoms with E-state index in [4.69, 9.17) is 9.84 Å². The quantitative estimate of drug-likeness (QED) is 0.144. The maximum absolute atomic E-state index is 14.3. The van der Waals surface area contributed by atoms with Crippen molar-refractivity contribution in [2.75, 3.05) is 6.54 Å². The molecule has 45 heavy (non-hydrogen) atoms. The number of unbranched alkanes of at least 4 members (excludes halogenated alkanes) is 3. The number of ether oxygens (including phenoxy) is 1. The third-order valence-corrected chi connectivity index (χ3v) is 15.4. The number of rotatable bonds is 10. The molecule has 6 heteroatoms. The van der Waals surface area contributed by atoms with E-state index in [1.807, 2.05) is 0 Å². The van der Waals surface area contributed by atoms with Crippen LogP contribution in [0.3, 0.4) is 0 Å². The van der Waals surface area contributed by atoms with Crippen molar-refractivity contribution in [3.8, 4) is 0 Å². The molecule has 0 aliphatic heterocycles. The van der Waals surface area contributed by atoms with Crippen LogP contribution in [0.5, 0.6) is 0 Å². The number of carboxylic acids is 1. The average Bonchev–Trinajstić information content (AvgIpc) is 3.35. The van der Waals surface area contributed by atoms with Gasteiger partial charge in [0.05, 0.1) is 5.41 Å². The third-order valence-electron chi connectivity index (χ3n) is 15.4. The monoisotopic (exact) mass is 625 g/mol. The normalized spacial score (nSPS) is 43.2.